The first-order chi connectivity index (χ1) is 13.9. The van der Waals surface area contributed by atoms with Crippen LogP contribution in [0, 0.1) is 23.4 Å². The van der Waals surface area contributed by atoms with Gasteiger partial charge in [0.05, 0.1) is 12.7 Å². The molecule has 2 aromatic rings. The third-order valence-corrected chi connectivity index (χ3v) is 6.03. The van der Waals surface area contributed by atoms with Crippen LogP contribution < -0.4 is 4.74 Å². The Balaban J connectivity index is 1.55. The molecule has 3 rings (SSSR count). The monoisotopic (exact) mass is 406 g/mol. The summed E-state index contributed by atoms with van der Waals surface area (Å²) in [7, 11) is 0. The van der Waals surface area contributed by atoms with Crippen LogP contribution in [0.4, 0.5) is 13.2 Å². The Kier molecular flexibility index (Phi) is 7.23. The minimum absolute atomic E-state index is 0.0101. The number of aliphatic hydroxyl groups excluding tert-OH is 1. The van der Waals surface area contributed by atoms with Gasteiger partial charge in [-0.3, -0.25) is 0 Å². The second kappa shape index (κ2) is 9.66. The lowest BCUT2D eigenvalue weighted by Gasteiger charge is -2.29. The zero-order chi connectivity index (χ0) is 21.0. The van der Waals surface area contributed by atoms with Crippen molar-refractivity contribution in [2.24, 2.45) is 5.92 Å². The number of benzene rings is 2. The standard InChI is InChI=1S/C24H29F3O2/c1-3-29-19-11-13-21(22(25)14-19)17-7-4-16(5-8-17)6-9-18-10-12-20(15(2)28)24(27)23(18)26/h10-17,28H,3-9H2,1-2H3. The Labute approximate surface area is 170 Å². The molecule has 1 N–H and O–H groups in total. The van der Waals surface area contributed by atoms with Gasteiger partial charge in [0.2, 0.25) is 0 Å². The first-order valence-corrected chi connectivity index (χ1v) is 10.5. The molecule has 1 aliphatic rings. The molecule has 0 amide bonds. The molecular formula is C24H29F3O2. The molecule has 2 nitrogen and oxygen atoms in total. The van der Waals surface area contributed by atoms with Gasteiger partial charge in [0.1, 0.15) is 11.6 Å². The van der Waals surface area contributed by atoms with Crippen molar-refractivity contribution in [1.29, 1.82) is 0 Å². The van der Waals surface area contributed by atoms with Crippen molar-refractivity contribution in [3.63, 3.8) is 0 Å². The average molecular weight is 406 g/mol. The van der Waals surface area contributed by atoms with E-state index in [1.54, 1.807) is 6.07 Å². The van der Waals surface area contributed by atoms with E-state index in [1.807, 2.05) is 19.1 Å². The molecule has 0 aliphatic heterocycles. The lowest BCUT2D eigenvalue weighted by Crippen LogP contribution is -2.15. The Hall–Kier alpha value is -2.01. The molecule has 1 saturated carbocycles. The Morgan fingerprint density at radius 3 is 2.38 bits per heavy atom. The van der Waals surface area contributed by atoms with Gasteiger partial charge in [0, 0.05) is 11.6 Å². The summed E-state index contributed by atoms with van der Waals surface area (Å²) < 4.78 is 48.1. The fourth-order valence-corrected chi connectivity index (χ4v) is 4.34. The maximum atomic E-state index is 14.4. The third-order valence-electron chi connectivity index (χ3n) is 6.03. The molecule has 5 heteroatoms. The van der Waals surface area contributed by atoms with Crippen molar-refractivity contribution < 1.29 is 23.0 Å². The van der Waals surface area contributed by atoms with Crippen molar-refractivity contribution >= 4 is 0 Å². The topological polar surface area (TPSA) is 29.5 Å². The molecule has 0 bridgehead atoms. The van der Waals surface area contributed by atoms with E-state index in [1.165, 1.54) is 19.1 Å². The second-order valence-electron chi connectivity index (χ2n) is 7.99. The number of aryl methyl sites for hydroxylation is 1. The zero-order valence-electron chi connectivity index (χ0n) is 17.1. The van der Waals surface area contributed by atoms with Crippen LogP contribution in [-0.4, -0.2) is 11.7 Å². The second-order valence-corrected chi connectivity index (χ2v) is 7.99. The van der Waals surface area contributed by atoms with Gasteiger partial charge >= 0.3 is 0 Å². The molecule has 0 heterocycles. The summed E-state index contributed by atoms with van der Waals surface area (Å²) in [4.78, 5) is 0. The Bertz CT molecular complexity index is 827. The third kappa shape index (κ3) is 5.13. The van der Waals surface area contributed by atoms with Gasteiger partial charge in [-0.25, -0.2) is 13.2 Å². The van der Waals surface area contributed by atoms with Gasteiger partial charge in [-0.1, -0.05) is 18.2 Å². The first-order valence-electron chi connectivity index (χ1n) is 10.5. The van der Waals surface area contributed by atoms with E-state index in [-0.39, 0.29) is 17.3 Å². The Morgan fingerprint density at radius 2 is 1.76 bits per heavy atom. The lowest BCUT2D eigenvalue weighted by molar-refractivity contribution is 0.192. The van der Waals surface area contributed by atoms with Crippen LogP contribution in [0.2, 0.25) is 0 Å². The van der Waals surface area contributed by atoms with Crippen LogP contribution in [0.15, 0.2) is 30.3 Å². The van der Waals surface area contributed by atoms with E-state index in [2.05, 4.69) is 0 Å². The molecule has 1 fully saturated rings. The fraction of sp³-hybridized carbons (Fsp3) is 0.500. The van der Waals surface area contributed by atoms with Crippen molar-refractivity contribution in [3.8, 4) is 5.75 Å². The maximum absolute atomic E-state index is 14.4. The highest BCUT2D eigenvalue weighted by Gasteiger charge is 2.25. The summed E-state index contributed by atoms with van der Waals surface area (Å²) in [5.74, 6) is -0.841. The van der Waals surface area contributed by atoms with Crippen LogP contribution >= 0.6 is 0 Å². The van der Waals surface area contributed by atoms with Crippen molar-refractivity contribution in [1.82, 2.24) is 0 Å². The quantitative estimate of drug-likeness (QED) is 0.572. The van der Waals surface area contributed by atoms with Gasteiger partial charge in [0.25, 0.3) is 0 Å². The highest BCUT2D eigenvalue weighted by molar-refractivity contribution is 5.31. The molecule has 2 aromatic carbocycles. The maximum Gasteiger partial charge on any atom is 0.164 e. The predicted molar refractivity (Wildman–Crippen MR) is 108 cm³/mol. The highest BCUT2D eigenvalue weighted by atomic mass is 19.2. The number of hydrogen-bond donors (Lipinski definition) is 1. The zero-order valence-corrected chi connectivity index (χ0v) is 17.1. The summed E-state index contributed by atoms with van der Waals surface area (Å²) in [6.45, 7) is 3.80. The van der Waals surface area contributed by atoms with Crippen LogP contribution in [0.5, 0.6) is 5.75 Å². The molecule has 1 unspecified atom stereocenters. The molecular weight excluding hydrogens is 377 g/mol. The summed E-state index contributed by atoms with van der Waals surface area (Å²) in [6, 6.07) is 8.14. The molecule has 158 valence electrons. The van der Waals surface area contributed by atoms with Crippen molar-refractivity contribution in [2.75, 3.05) is 6.61 Å². The van der Waals surface area contributed by atoms with Crippen molar-refractivity contribution in [2.45, 2.75) is 64.4 Å². The van der Waals surface area contributed by atoms with E-state index in [4.69, 9.17) is 4.74 Å². The summed E-state index contributed by atoms with van der Waals surface area (Å²) in [5.41, 5.74) is 1.09. The number of halogens is 3. The number of hydrogen-bond acceptors (Lipinski definition) is 2. The van der Waals surface area contributed by atoms with Gasteiger partial charge in [0.15, 0.2) is 11.6 Å². The largest absolute Gasteiger partial charge is 0.494 e. The average Bonchev–Trinajstić information content (AvgIpc) is 2.70. The van der Waals surface area contributed by atoms with Crippen LogP contribution in [0.1, 0.15) is 74.7 Å². The highest BCUT2D eigenvalue weighted by Crippen LogP contribution is 2.39. The molecule has 1 atom stereocenters. The van der Waals surface area contributed by atoms with Crippen LogP contribution in [0.25, 0.3) is 0 Å². The van der Waals surface area contributed by atoms with E-state index >= 15 is 0 Å². The van der Waals surface area contributed by atoms with Crippen molar-refractivity contribution in [3.05, 3.63) is 64.5 Å². The van der Waals surface area contributed by atoms with Gasteiger partial charge in [-0.2, -0.15) is 0 Å². The molecule has 0 aromatic heterocycles. The Morgan fingerprint density at radius 1 is 1.03 bits per heavy atom. The van der Waals surface area contributed by atoms with Gasteiger partial charge in [-0.05, 0) is 81.4 Å². The first kappa shape index (κ1) is 21.7. The minimum atomic E-state index is -1.03. The number of aliphatic hydroxyl groups is 1. The molecule has 29 heavy (non-hydrogen) atoms. The van der Waals surface area contributed by atoms with E-state index in [0.29, 0.717) is 30.3 Å². The predicted octanol–water partition coefficient (Wildman–Crippen LogP) is 6.46. The smallest absolute Gasteiger partial charge is 0.164 e. The normalized spacial score (nSPS) is 20.5. The summed E-state index contributed by atoms with van der Waals surface area (Å²) in [5, 5.41) is 9.49. The molecule has 0 spiro atoms. The number of ether oxygens (including phenoxy) is 1. The van der Waals surface area contributed by atoms with Crippen LogP contribution in [0.3, 0.4) is 0 Å². The molecule has 1 aliphatic carbocycles. The summed E-state index contributed by atoms with van der Waals surface area (Å²) >= 11 is 0. The fourth-order valence-electron chi connectivity index (χ4n) is 4.34. The van der Waals surface area contributed by atoms with Crippen LogP contribution in [-0.2, 0) is 6.42 Å². The number of rotatable bonds is 7. The minimum Gasteiger partial charge on any atom is -0.494 e. The van der Waals surface area contributed by atoms with Gasteiger partial charge in [-0.15, -0.1) is 0 Å². The summed E-state index contributed by atoms with van der Waals surface area (Å²) in [6.07, 6.45) is 3.91. The molecule has 0 radical (unpaired) electrons. The van der Waals surface area contributed by atoms with E-state index < -0.39 is 17.7 Å². The molecule has 0 saturated heterocycles. The van der Waals surface area contributed by atoms with E-state index in [9.17, 15) is 18.3 Å². The van der Waals surface area contributed by atoms with E-state index in [0.717, 1.165) is 37.7 Å². The lowest BCUT2D eigenvalue weighted by atomic mass is 9.76. The van der Waals surface area contributed by atoms with Gasteiger partial charge < -0.3 is 9.84 Å². The SMILES string of the molecule is CCOc1ccc(C2CCC(CCc3ccc(C(C)O)c(F)c3F)CC2)c(F)c1.